The number of alkyl carbamates (subject to hydrolysis) is 1. The van der Waals surface area contributed by atoms with Crippen LogP contribution in [-0.4, -0.2) is 22.7 Å². The third-order valence-electron chi connectivity index (χ3n) is 3.32. The lowest BCUT2D eigenvalue weighted by Crippen LogP contribution is -2.54. The van der Waals surface area contributed by atoms with Gasteiger partial charge in [0, 0.05) is 0 Å². The normalized spacial score (nSPS) is 11.0. The van der Waals surface area contributed by atoms with Crippen LogP contribution in [-0.2, 0) is 16.1 Å². The van der Waals surface area contributed by atoms with Crippen molar-refractivity contribution in [1.82, 2.24) is 5.32 Å². The maximum absolute atomic E-state index is 11.9. The Morgan fingerprint density at radius 1 is 1.14 bits per heavy atom. The zero-order chi connectivity index (χ0) is 15.7. The summed E-state index contributed by atoms with van der Waals surface area (Å²) < 4.78 is 5.11. The van der Waals surface area contributed by atoms with Gasteiger partial charge in [-0.25, -0.2) is 9.59 Å². The first-order chi connectivity index (χ1) is 10.0. The Morgan fingerprint density at radius 3 is 2.19 bits per heavy atom. The van der Waals surface area contributed by atoms with Gasteiger partial charge in [0.25, 0.3) is 0 Å². The second-order valence-corrected chi connectivity index (χ2v) is 5.07. The van der Waals surface area contributed by atoms with Gasteiger partial charge in [-0.3, -0.25) is 0 Å². The molecular weight excluding hydrogens is 270 g/mol. The number of nitrogens with one attached hydrogen (secondary N) is 1. The molecule has 1 aromatic rings. The Labute approximate surface area is 125 Å². The van der Waals surface area contributed by atoms with Crippen LogP contribution in [0, 0.1) is 0 Å². The van der Waals surface area contributed by atoms with Crippen LogP contribution >= 0.6 is 0 Å². The third-order valence-corrected chi connectivity index (χ3v) is 3.32. The molecule has 2 N–H and O–H groups in total. The van der Waals surface area contributed by atoms with Crippen molar-refractivity contribution < 1.29 is 19.4 Å². The summed E-state index contributed by atoms with van der Waals surface area (Å²) in [6.45, 7) is 3.91. The number of ether oxygens (including phenoxy) is 1. The van der Waals surface area contributed by atoms with Crippen LogP contribution in [0.2, 0.25) is 0 Å². The fraction of sp³-hybridized carbons (Fsp3) is 0.500. The van der Waals surface area contributed by atoms with Crippen LogP contribution in [0.5, 0.6) is 0 Å². The summed E-state index contributed by atoms with van der Waals surface area (Å²) in [4.78, 5) is 23.4. The van der Waals surface area contributed by atoms with Crippen molar-refractivity contribution in [2.75, 3.05) is 0 Å². The number of carboxylic acid groups (broad SMARTS) is 1. The predicted octanol–water partition coefficient (Wildman–Crippen LogP) is 3.34. The zero-order valence-corrected chi connectivity index (χ0v) is 12.6. The van der Waals surface area contributed by atoms with E-state index in [1.807, 2.05) is 44.2 Å². The number of aliphatic carboxylic acids is 1. The molecule has 0 saturated heterocycles. The smallest absolute Gasteiger partial charge is 0.408 e. The molecular formula is C16H23NO4. The van der Waals surface area contributed by atoms with E-state index in [0.29, 0.717) is 25.7 Å². The average molecular weight is 293 g/mol. The number of benzene rings is 1. The highest BCUT2D eigenvalue weighted by Crippen LogP contribution is 2.20. The average Bonchev–Trinajstić information content (AvgIpc) is 2.46. The molecule has 1 amide bonds. The van der Waals surface area contributed by atoms with Crippen molar-refractivity contribution >= 4 is 12.1 Å². The molecule has 0 bridgehead atoms. The maximum Gasteiger partial charge on any atom is 0.408 e. The fourth-order valence-corrected chi connectivity index (χ4v) is 2.33. The van der Waals surface area contributed by atoms with Crippen molar-refractivity contribution in [1.29, 1.82) is 0 Å². The number of hydrogen-bond acceptors (Lipinski definition) is 3. The minimum atomic E-state index is -1.24. The van der Waals surface area contributed by atoms with E-state index in [1.165, 1.54) is 0 Å². The highest BCUT2D eigenvalue weighted by molar-refractivity contribution is 5.84. The van der Waals surface area contributed by atoms with Gasteiger partial charge in [-0.15, -0.1) is 0 Å². The lowest BCUT2D eigenvalue weighted by molar-refractivity contribution is -0.145. The lowest BCUT2D eigenvalue weighted by Gasteiger charge is -2.29. The molecule has 0 unspecified atom stereocenters. The first kappa shape index (κ1) is 17.0. The van der Waals surface area contributed by atoms with E-state index >= 15 is 0 Å². The number of amides is 1. The molecule has 5 heteroatoms. The van der Waals surface area contributed by atoms with E-state index in [2.05, 4.69) is 5.32 Å². The molecule has 0 saturated carbocycles. The van der Waals surface area contributed by atoms with Crippen molar-refractivity contribution in [3.8, 4) is 0 Å². The predicted molar refractivity (Wildman–Crippen MR) is 79.9 cm³/mol. The van der Waals surface area contributed by atoms with E-state index < -0.39 is 17.6 Å². The van der Waals surface area contributed by atoms with Gasteiger partial charge in [0.2, 0.25) is 0 Å². The number of rotatable bonds is 8. The largest absolute Gasteiger partial charge is 0.480 e. The van der Waals surface area contributed by atoms with Gasteiger partial charge in [-0.05, 0) is 18.4 Å². The third kappa shape index (κ3) is 5.10. The Bertz CT molecular complexity index is 453. The summed E-state index contributed by atoms with van der Waals surface area (Å²) in [6.07, 6.45) is 1.42. The van der Waals surface area contributed by atoms with Crippen molar-refractivity contribution in [3.05, 3.63) is 35.9 Å². The first-order valence-corrected chi connectivity index (χ1v) is 7.26. The molecule has 0 fully saturated rings. The van der Waals surface area contributed by atoms with Gasteiger partial charge >= 0.3 is 12.1 Å². The standard InChI is InChI=1S/C16H23NO4/c1-3-10-16(11-4-2,14(18)19)17-15(20)21-12-13-8-6-5-7-9-13/h5-9H,3-4,10-12H2,1-2H3,(H,17,20)(H,18,19). The number of hydrogen-bond donors (Lipinski definition) is 2. The van der Waals surface area contributed by atoms with Crippen LogP contribution in [0.25, 0.3) is 0 Å². The van der Waals surface area contributed by atoms with E-state index in [-0.39, 0.29) is 6.61 Å². The van der Waals surface area contributed by atoms with Gasteiger partial charge in [0.15, 0.2) is 0 Å². The molecule has 1 aromatic carbocycles. The Balaban J connectivity index is 2.65. The SMILES string of the molecule is CCCC(CCC)(NC(=O)OCc1ccccc1)C(=O)O. The zero-order valence-electron chi connectivity index (χ0n) is 12.6. The fourth-order valence-electron chi connectivity index (χ4n) is 2.33. The van der Waals surface area contributed by atoms with Crippen molar-refractivity contribution in [2.45, 2.75) is 51.7 Å². The molecule has 0 heterocycles. The monoisotopic (exact) mass is 293 g/mol. The topological polar surface area (TPSA) is 75.6 Å². The van der Waals surface area contributed by atoms with Crippen LogP contribution in [0.15, 0.2) is 30.3 Å². The Kier molecular flexibility index (Phi) is 6.72. The molecule has 21 heavy (non-hydrogen) atoms. The second-order valence-electron chi connectivity index (χ2n) is 5.07. The van der Waals surface area contributed by atoms with E-state index in [1.54, 1.807) is 0 Å². The maximum atomic E-state index is 11.9. The first-order valence-electron chi connectivity index (χ1n) is 7.26. The summed E-state index contributed by atoms with van der Waals surface area (Å²) >= 11 is 0. The van der Waals surface area contributed by atoms with Gasteiger partial charge in [-0.1, -0.05) is 57.0 Å². The molecule has 0 radical (unpaired) electrons. The van der Waals surface area contributed by atoms with Crippen molar-refractivity contribution in [2.24, 2.45) is 0 Å². The minimum absolute atomic E-state index is 0.126. The highest BCUT2D eigenvalue weighted by Gasteiger charge is 2.38. The molecule has 0 aromatic heterocycles. The quantitative estimate of drug-likeness (QED) is 0.770. The van der Waals surface area contributed by atoms with E-state index in [9.17, 15) is 14.7 Å². The van der Waals surface area contributed by atoms with Gasteiger partial charge < -0.3 is 15.2 Å². The molecule has 0 aliphatic carbocycles. The summed E-state index contributed by atoms with van der Waals surface area (Å²) in [5.74, 6) is -1.01. The van der Waals surface area contributed by atoms with Crippen LogP contribution in [0.3, 0.4) is 0 Å². The second kappa shape index (κ2) is 8.29. The highest BCUT2D eigenvalue weighted by atomic mass is 16.5. The van der Waals surface area contributed by atoms with Crippen molar-refractivity contribution in [3.63, 3.8) is 0 Å². The number of carbonyl (C=O) groups excluding carboxylic acids is 1. The van der Waals surface area contributed by atoms with Gasteiger partial charge in [0.1, 0.15) is 12.1 Å². The van der Waals surface area contributed by atoms with E-state index in [4.69, 9.17) is 4.74 Å². The molecule has 1 rings (SSSR count). The van der Waals surface area contributed by atoms with E-state index in [0.717, 1.165) is 5.56 Å². The molecule has 0 aliphatic heterocycles. The van der Waals surface area contributed by atoms with Crippen LogP contribution in [0.4, 0.5) is 4.79 Å². The Morgan fingerprint density at radius 2 is 1.71 bits per heavy atom. The van der Waals surface area contributed by atoms with Crippen LogP contribution in [0.1, 0.15) is 45.1 Å². The molecule has 5 nitrogen and oxygen atoms in total. The molecule has 116 valence electrons. The van der Waals surface area contributed by atoms with Gasteiger partial charge in [0.05, 0.1) is 0 Å². The number of carboxylic acids is 1. The Hall–Kier alpha value is -2.04. The molecule has 0 spiro atoms. The summed E-state index contributed by atoms with van der Waals surface area (Å²) in [7, 11) is 0. The van der Waals surface area contributed by atoms with Crippen LogP contribution < -0.4 is 5.32 Å². The summed E-state index contributed by atoms with van der Waals surface area (Å²) in [6, 6.07) is 9.27. The lowest BCUT2D eigenvalue weighted by atomic mass is 9.89. The summed E-state index contributed by atoms with van der Waals surface area (Å²) in [5, 5.41) is 12.0. The molecule has 0 aliphatic rings. The minimum Gasteiger partial charge on any atom is -0.480 e. The summed E-state index contributed by atoms with van der Waals surface area (Å²) in [5.41, 5.74) is -0.378. The van der Waals surface area contributed by atoms with Gasteiger partial charge in [-0.2, -0.15) is 0 Å². The molecule has 0 atom stereocenters. The number of carbonyl (C=O) groups is 2.